The second-order valence-electron chi connectivity index (χ2n) is 6.91. The average molecular weight is 252 g/mol. The molecule has 1 N–H and O–H groups in total. The fourth-order valence-electron chi connectivity index (χ4n) is 3.54. The van der Waals surface area contributed by atoms with E-state index in [1.165, 1.54) is 58.3 Å². The van der Waals surface area contributed by atoms with Crippen LogP contribution in [0.1, 0.15) is 39.0 Å². The minimum absolute atomic E-state index is 0.497. The number of nitrogens with zero attached hydrogens (tertiary/aromatic N) is 1. The predicted octanol–water partition coefficient (Wildman–Crippen LogP) is 1.88. The SMILES string of the molecule is CC1(CN2CCCNC(C3CC3)C2)CCOCC1. The summed E-state index contributed by atoms with van der Waals surface area (Å²) < 4.78 is 5.52. The molecule has 3 nitrogen and oxygen atoms in total. The summed E-state index contributed by atoms with van der Waals surface area (Å²) in [5.41, 5.74) is 0.497. The highest BCUT2D eigenvalue weighted by atomic mass is 16.5. The molecular weight excluding hydrogens is 224 g/mol. The first-order valence-corrected chi connectivity index (χ1v) is 7.79. The lowest BCUT2D eigenvalue weighted by molar-refractivity contribution is 0.00458. The largest absolute Gasteiger partial charge is 0.381 e. The smallest absolute Gasteiger partial charge is 0.0471 e. The van der Waals surface area contributed by atoms with Crippen LogP contribution in [-0.4, -0.2) is 50.3 Å². The van der Waals surface area contributed by atoms with Gasteiger partial charge in [0.1, 0.15) is 0 Å². The standard InChI is InChI=1S/C15H28N2O/c1-15(5-9-18-10-6-15)12-17-8-2-7-16-14(11-17)13-3-4-13/h13-14,16H,2-12H2,1H3. The molecule has 0 aromatic heterocycles. The van der Waals surface area contributed by atoms with E-state index in [1.807, 2.05) is 0 Å². The van der Waals surface area contributed by atoms with Crippen LogP contribution < -0.4 is 5.32 Å². The summed E-state index contributed by atoms with van der Waals surface area (Å²) >= 11 is 0. The number of ether oxygens (including phenoxy) is 1. The van der Waals surface area contributed by atoms with E-state index in [9.17, 15) is 0 Å². The van der Waals surface area contributed by atoms with Gasteiger partial charge in [0.05, 0.1) is 0 Å². The highest BCUT2D eigenvalue weighted by Gasteiger charge is 2.35. The summed E-state index contributed by atoms with van der Waals surface area (Å²) in [6, 6.07) is 0.774. The van der Waals surface area contributed by atoms with Gasteiger partial charge in [-0.25, -0.2) is 0 Å². The number of nitrogens with one attached hydrogen (secondary N) is 1. The van der Waals surface area contributed by atoms with Gasteiger partial charge in [-0.1, -0.05) is 6.92 Å². The molecule has 2 aliphatic heterocycles. The normalized spacial score (nSPS) is 34.2. The van der Waals surface area contributed by atoms with Crippen LogP contribution in [0.15, 0.2) is 0 Å². The van der Waals surface area contributed by atoms with Crippen LogP contribution in [-0.2, 0) is 4.74 Å². The second-order valence-corrected chi connectivity index (χ2v) is 6.91. The van der Waals surface area contributed by atoms with Gasteiger partial charge in [0.2, 0.25) is 0 Å². The van der Waals surface area contributed by atoms with Crippen molar-refractivity contribution in [1.82, 2.24) is 10.2 Å². The van der Waals surface area contributed by atoms with Crippen molar-refractivity contribution >= 4 is 0 Å². The van der Waals surface area contributed by atoms with Crippen LogP contribution in [0.25, 0.3) is 0 Å². The van der Waals surface area contributed by atoms with E-state index in [1.54, 1.807) is 0 Å². The van der Waals surface area contributed by atoms with Gasteiger partial charge in [0.15, 0.2) is 0 Å². The maximum Gasteiger partial charge on any atom is 0.0471 e. The van der Waals surface area contributed by atoms with Gasteiger partial charge in [0.25, 0.3) is 0 Å². The first-order chi connectivity index (χ1) is 8.75. The zero-order chi connectivity index (χ0) is 12.4. The molecule has 0 radical (unpaired) electrons. The molecule has 3 aliphatic rings. The van der Waals surface area contributed by atoms with E-state index in [-0.39, 0.29) is 0 Å². The quantitative estimate of drug-likeness (QED) is 0.830. The third-order valence-corrected chi connectivity index (χ3v) is 5.01. The molecule has 0 aromatic carbocycles. The zero-order valence-corrected chi connectivity index (χ0v) is 11.8. The monoisotopic (exact) mass is 252 g/mol. The van der Waals surface area contributed by atoms with Crippen molar-refractivity contribution in [2.75, 3.05) is 39.4 Å². The van der Waals surface area contributed by atoms with Crippen LogP contribution in [0.2, 0.25) is 0 Å². The third kappa shape index (κ3) is 3.25. The Labute approximate surface area is 111 Å². The molecule has 0 aromatic rings. The Kier molecular flexibility index (Phi) is 3.92. The third-order valence-electron chi connectivity index (χ3n) is 5.01. The fourth-order valence-corrected chi connectivity index (χ4v) is 3.54. The Bertz CT molecular complexity index is 272. The maximum atomic E-state index is 5.52. The summed E-state index contributed by atoms with van der Waals surface area (Å²) in [5, 5.41) is 3.76. The molecule has 0 spiro atoms. The maximum absolute atomic E-state index is 5.52. The zero-order valence-electron chi connectivity index (χ0n) is 11.8. The summed E-state index contributed by atoms with van der Waals surface area (Å²) in [6.45, 7) is 9.45. The summed E-state index contributed by atoms with van der Waals surface area (Å²) in [6.07, 6.45) is 6.71. The van der Waals surface area contributed by atoms with Crippen LogP contribution in [0.5, 0.6) is 0 Å². The van der Waals surface area contributed by atoms with Crippen molar-refractivity contribution in [3.63, 3.8) is 0 Å². The van der Waals surface area contributed by atoms with Crippen LogP contribution in [0.3, 0.4) is 0 Å². The number of rotatable bonds is 3. The van der Waals surface area contributed by atoms with Crippen molar-refractivity contribution < 1.29 is 4.74 Å². The molecule has 1 saturated carbocycles. The van der Waals surface area contributed by atoms with Gasteiger partial charge in [-0.05, 0) is 56.5 Å². The van der Waals surface area contributed by atoms with Gasteiger partial charge in [-0.2, -0.15) is 0 Å². The highest BCUT2D eigenvalue weighted by Crippen LogP contribution is 2.35. The van der Waals surface area contributed by atoms with E-state index >= 15 is 0 Å². The van der Waals surface area contributed by atoms with Gasteiger partial charge >= 0.3 is 0 Å². The van der Waals surface area contributed by atoms with Gasteiger partial charge in [-0.3, -0.25) is 0 Å². The van der Waals surface area contributed by atoms with Crippen LogP contribution >= 0.6 is 0 Å². The first kappa shape index (κ1) is 12.9. The van der Waals surface area contributed by atoms with E-state index in [2.05, 4.69) is 17.1 Å². The minimum atomic E-state index is 0.497. The second kappa shape index (κ2) is 5.48. The van der Waals surface area contributed by atoms with Crippen LogP contribution in [0.4, 0.5) is 0 Å². The summed E-state index contributed by atoms with van der Waals surface area (Å²) in [4.78, 5) is 2.73. The fraction of sp³-hybridized carbons (Fsp3) is 1.00. The Morgan fingerprint density at radius 1 is 1.28 bits per heavy atom. The number of hydrogen-bond donors (Lipinski definition) is 1. The minimum Gasteiger partial charge on any atom is -0.381 e. The molecule has 3 fully saturated rings. The molecule has 3 rings (SSSR count). The highest BCUT2D eigenvalue weighted by molar-refractivity contribution is 4.91. The Morgan fingerprint density at radius 2 is 2.06 bits per heavy atom. The van der Waals surface area contributed by atoms with Gasteiger partial charge in [-0.15, -0.1) is 0 Å². The van der Waals surface area contributed by atoms with Crippen molar-refractivity contribution in [1.29, 1.82) is 0 Å². The molecule has 2 saturated heterocycles. The molecule has 18 heavy (non-hydrogen) atoms. The van der Waals surface area contributed by atoms with Crippen LogP contribution in [0, 0.1) is 11.3 Å². The molecule has 1 atom stereocenters. The number of hydrogen-bond acceptors (Lipinski definition) is 3. The molecule has 1 aliphatic carbocycles. The molecule has 1 unspecified atom stereocenters. The summed E-state index contributed by atoms with van der Waals surface area (Å²) in [7, 11) is 0. The lowest BCUT2D eigenvalue weighted by Gasteiger charge is -2.38. The first-order valence-electron chi connectivity index (χ1n) is 7.79. The van der Waals surface area contributed by atoms with Crippen molar-refractivity contribution in [2.45, 2.75) is 45.1 Å². The lowest BCUT2D eigenvalue weighted by Crippen LogP contribution is -2.44. The molecule has 3 heteroatoms. The van der Waals surface area contributed by atoms with Gasteiger partial charge < -0.3 is 15.0 Å². The van der Waals surface area contributed by atoms with E-state index in [0.29, 0.717) is 5.41 Å². The molecule has 104 valence electrons. The Morgan fingerprint density at radius 3 is 2.78 bits per heavy atom. The van der Waals surface area contributed by atoms with Gasteiger partial charge in [0, 0.05) is 32.3 Å². The van der Waals surface area contributed by atoms with Crippen molar-refractivity contribution in [3.8, 4) is 0 Å². The van der Waals surface area contributed by atoms with Crippen molar-refractivity contribution in [2.24, 2.45) is 11.3 Å². The average Bonchev–Trinajstić information content (AvgIpc) is 3.15. The molecule has 0 amide bonds. The topological polar surface area (TPSA) is 24.5 Å². The molecular formula is C15H28N2O. The van der Waals surface area contributed by atoms with E-state index < -0.39 is 0 Å². The Hall–Kier alpha value is -0.120. The van der Waals surface area contributed by atoms with Crippen molar-refractivity contribution in [3.05, 3.63) is 0 Å². The lowest BCUT2D eigenvalue weighted by atomic mass is 9.82. The predicted molar refractivity (Wildman–Crippen MR) is 73.7 cm³/mol. The molecule has 0 bridgehead atoms. The Balaban J connectivity index is 1.56. The van der Waals surface area contributed by atoms with E-state index in [0.717, 1.165) is 25.2 Å². The summed E-state index contributed by atoms with van der Waals surface area (Å²) in [5.74, 6) is 0.980. The van der Waals surface area contributed by atoms with E-state index in [4.69, 9.17) is 4.74 Å². The molecule has 2 heterocycles.